The van der Waals surface area contributed by atoms with Gasteiger partial charge in [-0.15, -0.1) is 0 Å². The topological polar surface area (TPSA) is 35.6 Å². The van der Waals surface area contributed by atoms with Gasteiger partial charge in [-0.1, -0.05) is 13.8 Å². The molecule has 0 N–H and O–H groups in total. The fourth-order valence-corrected chi connectivity index (χ4v) is 2.59. The van der Waals surface area contributed by atoms with Gasteiger partial charge in [0.2, 0.25) is 0 Å². The number of hydrogen-bond donors (Lipinski definition) is 0. The molecule has 2 heterocycles. The molecule has 98 valence electrons. The standard InChI is InChI=1S/C13H19BrN4/c1-5-18-8-10(12(15-18)9(2)3)6-11-7-17(4)16-13(11)14/h7-9H,5-6H2,1-4H3. The van der Waals surface area contributed by atoms with E-state index in [9.17, 15) is 0 Å². The van der Waals surface area contributed by atoms with Crippen LogP contribution in [0, 0.1) is 0 Å². The molecule has 4 nitrogen and oxygen atoms in total. The minimum Gasteiger partial charge on any atom is -0.274 e. The van der Waals surface area contributed by atoms with E-state index < -0.39 is 0 Å². The van der Waals surface area contributed by atoms with E-state index in [1.165, 1.54) is 16.8 Å². The molecular formula is C13H19BrN4. The SMILES string of the molecule is CCn1cc(Cc2cn(C)nc2Br)c(C(C)C)n1. The van der Waals surface area contributed by atoms with Crippen molar-refractivity contribution in [2.24, 2.45) is 7.05 Å². The van der Waals surface area contributed by atoms with Crippen molar-refractivity contribution in [3.63, 3.8) is 0 Å². The summed E-state index contributed by atoms with van der Waals surface area (Å²) in [5.41, 5.74) is 3.68. The van der Waals surface area contributed by atoms with E-state index in [0.29, 0.717) is 5.92 Å². The lowest BCUT2D eigenvalue weighted by molar-refractivity contribution is 0.635. The zero-order valence-corrected chi connectivity index (χ0v) is 12.9. The van der Waals surface area contributed by atoms with Crippen molar-refractivity contribution in [2.75, 3.05) is 0 Å². The van der Waals surface area contributed by atoms with Gasteiger partial charge in [0.15, 0.2) is 0 Å². The predicted octanol–water partition coefficient (Wildman–Crippen LogP) is 3.11. The smallest absolute Gasteiger partial charge is 0.131 e. The quantitative estimate of drug-likeness (QED) is 0.870. The number of aryl methyl sites for hydroxylation is 2. The molecule has 0 aliphatic heterocycles. The second-order valence-corrected chi connectivity index (χ2v) is 5.60. The van der Waals surface area contributed by atoms with Gasteiger partial charge in [0, 0.05) is 38.0 Å². The molecule has 2 aromatic rings. The summed E-state index contributed by atoms with van der Waals surface area (Å²) in [5.74, 6) is 0.447. The van der Waals surface area contributed by atoms with Gasteiger partial charge in [-0.2, -0.15) is 10.2 Å². The summed E-state index contributed by atoms with van der Waals surface area (Å²) in [6, 6.07) is 0. The van der Waals surface area contributed by atoms with Crippen LogP contribution in [0.25, 0.3) is 0 Å². The molecule has 0 bridgehead atoms. The third-order valence-electron chi connectivity index (χ3n) is 2.97. The molecule has 0 spiro atoms. The highest BCUT2D eigenvalue weighted by atomic mass is 79.9. The summed E-state index contributed by atoms with van der Waals surface area (Å²) in [7, 11) is 1.94. The van der Waals surface area contributed by atoms with E-state index in [1.807, 2.05) is 16.4 Å². The van der Waals surface area contributed by atoms with Crippen molar-refractivity contribution < 1.29 is 0 Å². The van der Waals surface area contributed by atoms with Crippen molar-refractivity contribution in [3.8, 4) is 0 Å². The van der Waals surface area contributed by atoms with Gasteiger partial charge in [-0.05, 0) is 34.3 Å². The van der Waals surface area contributed by atoms with Gasteiger partial charge in [-0.3, -0.25) is 9.36 Å². The van der Waals surface area contributed by atoms with E-state index in [1.54, 1.807) is 0 Å². The van der Waals surface area contributed by atoms with E-state index in [4.69, 9.17) is 0 Å². The van der Waals surface area contributed by atoms with Gasteiger partial charge in [0.05, 0.1) is 5.69 Å². The third-order valence-corrected chi connectivity index (χ3v) is 3.64. The number of rotatable bonds is 4. The number of nitrogens with zero attached hydrogens (tertiary/aromatic N) is 4. The number of halogens is 1. The van der Waals surface area contributed by atoms with E-state index in [2.05, 4.69) is 59.3 Å². The lowest BCUT2D eigenvalue weighted by atomic mass is 10.0. The maximum absolute atomic E-state index is 4.63. The van der Waals surface area contributed by atoms with Crippen molar-refractivity contribution >= 4 is 15.9 Å². The molecule has 0 aliphatic rings. The molecular weight excluding hydrogens is 292 g/mol. The van der Waals surface area contributed by atoms with E-state index in [0.717, 1.165) is 17.6 Å². The lowest BCUT2D eigenvalue weighted by Gasteiger charge is -2.03. The zero-order chi connectivity index (χ0) is 13.3. The molecule has 0 aliphatic carbocycles. The summed E-state index contributed by atoms with van der Waals surface area (Å²) in [4.78, 5) is 0. The first-order valence-electron chi connectivity index (χ1n) is 6.25. The first kappa shape index (κ1) is 13.3. The van der Waals surface area contributed by atoms with Crippen LogP contribution in [0.5, 0.6) is 0 Å². The summed E-state index contributed by atoms with van der Waals surface area (Å²) in [6.45, 7) is 7.39. The highest BCUT2D eigenvalue weighted by Crippen LogP contribution is 2.23. The Morgan fingerprint density at radius 2 is 1.94 bits per heavy atom. The first-order chi connectivity index (χ1) is 8.51. The summed E-state index contributed by atoms with van der Waals surface area (Å²) in [5, 5.41) is 8.95. The molecule has 2 rings (SSSR count). The highest BCUT2D eigenvalue weighted by molar-refractivity contribution is 9.10. The van der Waals surface area contributed by atoms with Crippen molar-refractivity contribution in [1.82, 2.24) is 19.6 Å². The summed E-state index contributed by atoms with van der Waals surface area (Å²) < 4.78 is 4.76. The number of hydrogen-bond acceptors (Lipinski definition) is 2. The normalized spacial score (nSPS) is 11.4. The molecule has 0 atom stereocenters. The monoisotopic (exact) mass is 310 g/mol. The summed E-state index contributed by atoms with van der Waals surface area (Å²) >= 11 is 3.50. The number of aromatic nitrogens is 4. The second kappa shape index (κ2) is 5.26. The molecule has 0 unspecified atom stereocenters. The van der Waals surface area contributed by atoms with E-state index in [-0.39, 0.29) is 0 Å². The first-order valence-corrected chi connectivity index (χ1v) is 7.04. The molecule has 0 saturated heterocycles. The van der Waals surface area contributed by atoms with Crippen LogP contribution in [0.1, 0.15) is 43.5 Å². The van der Waals surface area contributed by atoms with Crippen LogP contribution in [-0.4, -0.2) is 19.6 Å². The Labute approximate surface area is 116 Å². The van der Waals surface area contributed by atoms with E-state index >= 15 is 0 Å². The average Bonchev–Trinajstić information content (AvgIpc) is 2.83. The van der Waals surface area contributed by atoms with Gasteiger partial charge in [0.25, 0.3) is 0 Å². The van der Waals surface area contributed by atoms with Crippen molar-refractivity contribution in [1.29, 1.82) is 0 Å². The largest absolute Gasteiger partial charge is 0.274 e. The van der Waals surface area contributed by atoms with Gasteiger partial charge in [-0.25, -0.2) is 0 Å². The molecule has 0 aromatic carbocycles. The molecule has 0 saturated carbocycles. The Bertz CT molecular complexity index is 539. The lowest BCUT2D eigenvalue weighted by Crippen LogP contribution is -1.97. The second-order valence-electron chi connectivity index (χ2n) is 4.85. The fourth-order valence-electron chi connectivity index (χ4n) is 2.10. The Morgan fingerprint density at radius 1 is 1.22 bits per heavy atom. The van der Waals surface area contributed by atoms with Crippen LogP contribution < -0.4 is 0 Å². The Morgan fingerprint density at radius 3 is 2.44 bits per heavy atom. The summed E-state index contributed by atoms with van der Waals surface area (Å²) in [6.07, 6.45) is 5.08. The maximum Gasteiger partial charge on any atom is 0.131 e. The molecule has 18 heavy (non-hydrogen) atoms. The predicted molar refractivity (Wildman–Crippen MR) is 75.7 cm³/mol. The van der Waals surface area contributed by atoms with Crippen LogP contribution in [0.3, 0.4) is 0 Å². The molecule has 5 heteroatoms. The van der Waals surface area contributed by atoms with Crippen molar-refractivity contribution in [2.45, 2.75) is 39.7 Å². The van der Waals surface area contributed by atoms with Crippen LogP contribution >= 0.6 is 15.9 Å². The maximum atomic E-state index is 4.63. The highest BCUT2D eigenvalue weighted by Gasteiger charge is 2.14. The van der Waals surface area contributed by atoms with Gasteiger partial charge >= 0.3 is 0 Å². The van der Waals surface area contributed by atoms with Crippen LogP contribution in [-0.2, 0) is 20.0 Å². The third kappa shape index (κ3) is 2.66. The van der Waals surface area contributed by atoms with Gasteiger partial charge in [0.1, 0.15) is 4.60 Å². The van der Waals surface area contributed by atoms with Crippen molar-refractivity contribution in [3.05, 3.63) is 33.8 Å². The minimum atomic E-state index is 0.447. The van der Waals surface area contributed by atoms with Gasteiger partial charge < -0.3 is 0 Å². The Kier molecular flexibility index (Phi) is 3.90. The van der Waals surface area contributed by atoms with Crippen LogP contribution in [0.2, 0.25) is 0 Å². The van der Waals surface area contributed by atoms with Crippen LogP contribution in [0.4, 0.5) is 0 Å². The molecule has 0 amide bonds. The Hall–Kier alpha value is -1.10. The zero-order valence-electron chi connectivity index (χ0n) is 11.3. The molecule has 2 aromatic heterocycles. The minimum absolute atomic E-state index is 0.447. The fraction of sp³-hybridized carbons (Fsp3) is 0.538. The average molecular weight is 311 g/mol. The van der Waals surface area contributed by atoms with Crippen LogP contribution in [0.15, 0.2) is 17.0 Å². The Balaban J connectivity index is 2.33. The molecule has 0 fully saturated rings. The molecule has 0 radical (unpaired) electrons.